The molecule has 1 aromatic rings. The number of piperazine rings is 1. The molecule has 2 aliphatic rings. The third-order valence-electron chi connectivity index (χ3n) is 5.48. The Morgan fingerprint density at radius 3 is 2.59 bits per heavy atom. The third-order valence-corrected chi connectivity index (χ3v) is 5.72. The largest absolute Gasteiger partial charge is 0.368 e. The van der Waals surface area contributed by atoms with E-state index in [-0.39, 0.29) is 18.4 Å². The van der Waals surface area contributed by atoms with Crippen LogP contribution in [0.3, 0.4) is 0 Å². The van der Waals surface area contributed by atoms with Crippen molar-refractivity contribution in [1.29, 1.82) is 0 Å². The van der Waals surface area contributed by atoms with E-state index in [0.29, 0.717) is 25.4 Å². The zero-order chi connectivity index (χ0) is 19.1. The van der Waals surface area contributed by atoms with Gasteiger partial charge in [-0.05, 0) is 56.5 Å². The van der Waals surface area contributed by atoms with Crippen molar-refractivity contribution in [3.63, 3.8) is 0 Å². The van der Waals surface area contributed by atoms with Crippen molar-refractivity contribution in [2.45, 2.75) is 25.7 Å². The molecule has 7 heteroatoms. The second-order valence-corrected chi connectivity index (χ2v) is 7.79. The molecule has 0 aliphatic carbocycles. The Hall–Kier alpha value is -1.79. The lowest BCUT2D eigenvalue weighted by molar-refractivity contribution is -0.133. The minimum absolute atomic E-state index is 0.00374. The monoisotopic (exact) mass is 392 g/mol. The van der Waals surface area contributed by atoms with Gasteiger partial charge in [0, 0.05) is 43.3 Å². The maximum atomic E-state index is 12.4. The smallest absolute Gasteiger partial charge is 0.242 e. The van der Waals surface area contributed by atoms with Crippen LogP contribution < -0.4 is 15.5 Å². The van der Waals surface area contributed by atoms with Crippen LogP contribution in [0.25, 0.3) is 0 Å². The van der Waals surface area contributed by atoms with Crippen molar-refractivity contribution in [2.24, 2.45) is 5.92 Å². The predicted octanol–water partition coefficient (Wildman–Crippen LogP) is 1.88. The van der Waals surface area contributed by atoms with Crippen LogP contribution in [0.4, 0.5) is 5.69 Å². The Balaban J connectivity index is 1.35. The highest BCUT2D eigenvalue weighted by Gasteiger charge is 2.22. The average molecular weight is 393 g/mol. The molecule has 0 radical (unpaired) electrons. The van der Waals surface area contributed by atoms with Crippen LogP contribution in [-0.2, 0) is 9.59 Å². The van der Waals surface area contributed by atoms with Crippen molar-refractivity contribution in [3.8, 4) is 0 Å². The first-order valence-corrected chi connectivity index (χ1v) is 10.3. The molecule has 2 fully saturated rings. The quantitative estimate of drug-likeness (QED) is 0.775. The van der Waals surface area contributed by atoms with Gasteiger partial charge in [-0.15, -0.1) is 0 Å². The van der Waals surface area contributed by atoms with E-state index in [1.807, 2.05) is 29.2 Å². The molecule has 0 atom stereocenters. The van der Waals surface area contributed by atoms with Crippen molar-refractivity contribution in [2.75, 3.05) is 50.7 Å². The number of rotatable bonds is 6. The van der Waals surface area contributed by atoms with Crippen LogP contribution in [0.1, 0.15) is 25.7 Å². The fourth-order valence-corrected chi connectivity index (χ4v) is 3.95. The molecule has 0 unspecified atom stereocenters. The van der Waals surface area contributed by atoms with Crippen molar-refractivity contribution >= 4 is 29.1 Å². The van der Waals surface area contributed by atoms with E-state index in [1.54, 1.807) is 0 Å². The van der Waals surface area contributed by atoms with Gasteiger partial charge in [-0.1, -0.05) is 17.7 Å². The number of benzene rings is 1. The maximum absolute atomic E-state index is 12.4. The summed E-state index contributed by atoms with van der Waals surface area (Å²) in [6.45, 7) is 5.07. The SMILES string of the molecule is O=C(CCC1CCNCC1)NCC(=O)N1CCN(c2cccc(Cl)c2)CC1. The Morgan fingerprint density at radius 2 is 1.89 bits per heavy atom. The van der Waals surface area contributed by atoms with Gasteiger partial charge in [0.2, 0.25) is 11.8 Å². The highest BCUT2D eigenvalue weighted by Crippen LogP contribution is 2.21. The van der Waals surface area contributed by atoms with E-state index in [0.717, 1.165) is 56.2 Å². The molecule has 2 amide bonds. The molecule has 2 heterocycles. The van der Waals surface area contributed by atoms with Gasteiger partial charge in [0.25, 0.3) is 0 Å². The standard InChI is InChI=1S/C20H29ClN4O2/c21-17-2-1-3-18(14-17)24-10-12-25(13-11-24)20(27)15-23-19(26)5-4-16-6-8-22-9-7-16/h1-3,14,16,22H,4-13,15H2,(H,23,26). The first kappa shape index (κ1) is 20.0. The van der Waals surface area contributed by atoms with E-state index < -0.39 is 0 Å². The molecule has 0 saturated carbocycles. The summed E-state index contributed by atoms with van der Waals surface area (Å²) in [5, 5.41) is 6.85. The first-order valence-electron chi connectivity index (χ1n) is 9.87. The number of hydrogen-bond donors (Lipinski definition) is 2. The minimum Gasteiger partial charge on any atom is -0.368 e. The molecule has 0 spiro atoms. The topological polar surface area (TPSA) is 64.7 Å². The molecule has 6 nitrogen and oxygen atoms in total. The van der Waals surface area contributed by atoms with Crippen LogP contribution >= 0.6 is 11.6 Å². The van der Waals surface area contributed by atoms with Gasteiger partial charge < -0.3 is 20.4 Å². The minimum atomic E-state index is -0.0144. The summed E-state index contributed by atoms with van der Waals surface area (Å²) in [7, 11) is 0. The Kier molecular flexibility index (Phi) is 7.35. The van der Waals surface area contributed by atoms with E-state index >= 15 is 0 Å². The van der Waals surface area contributed by atoms with Gasteiger partial charge in [-0.25, -0.2) is 0 Å². The fraction of sp³-hybridized carbons (Fsp3) is 0.600. The molecular weight excluding hydrogens is 364 g/mol. The summed E-state index contributed by atoms with van der Waals surface area (Å²) in [5.74, 6) is 0.614. The second-order valence-electron chi connectivity index (χ2n) is 7.36. The Bertz CT molecular complexity index is 641. The normalized spacial score (nSPS) is 18.4. The van der Waals surface area contributed by atoms with Crippen LogP contribution in [0, 0.1) is 5.92 Å². The van der Waals surface area contributed by atoms with Gasteiger partial charge in [0.15, 0.2) is 0 Å². The Morgan fingerprint density at radius 1 is 1.15 bits per heavy atom. The predicted molar refractivity (Wildman–Crippen MR) is 108 cm³/mol. The highest BCUT2D eigenvalue weighted by atomic mass is 35.5. The molecule has 148 valence electrons. The number of halogens is 1. The van der Waals surface area contributed by atoms with Gasteiger partial charge in [-0.3, -0.25) is 9.59 Å². The summed E-state index contributed by atoms with van der Waals surface area (Å²) in [6.07, 6.45) is 3.72. The van der Waals surface area contributed by atoms with E-state index in [2.05, 4.69) is 15.5 Å². The number of nitrogens with one attached hydrogen (secondary N) is 2. The summed E-state index contributed by atoms with van der Waals surface area (Å²) in [4.78, 5) is 28.4. The molecule has 2 aliphatic heterocycles. The molecule has 0 bridgehead atoms. The maximum Gasteiger partial charge on any atom is 0.242 e. The van der Waals surface area contributed by atoms with Gasteiger partial charge in [-0.2, -0.15) is 0 Å². The number of hydrogen-bond acceptors (Lipinski definition) is 4. The van der Waals surface area contributed by atoms with Crippen LogP contribution in [0.2, 0.25) is 5.02 Å². The molecule has 2 saturated heterocycles. The molecule has 27 heavy (non-hydrogen) atoms. The lowest BCUT2D eigenvalue weighted by Gasteiger charge is -2.36. The summed E-state index contributed by atoms with van der Waals surface area (Å²) in [6, 6.07) is 7.78. The molecule has 0 aromatic heterocycles. The lowest BCUT2D eigenvalue weighted by atomic mass is 9.93. The Labute approximate surface area is 166 Å². The van der Waals surface area contributed by atoms with E-state index in [1.165, 1.54) is 0 Å². The third kappa shape index (κ3) is 6.11. The van der Waals surface area contributed by atoms with Crippen LogP contribution in [0.15, 0.2) is 24.3 Å². The van der Waals surface area contributed by atoms with Gasteiger partial charge >= 0.3 is 0 Å². The number of nitrogens with zero attached hydrogens (tertiary/aromatic N) is 2. The van der Waals surface area contributed by atoms with Crippen LogP contribution in [0.5, 0.6) is 0 Å². The fourth-order valence-electron chi connectivity index (χ4n) is 3.77. The zero-order valence-electron chi connectivity index (χ0n) is 15.8. The number of anilines is 1. The number of amides is 2. The first-order chi connectivity index (χ1) is 13.1. The average Bonchev–Trinajstić information content (AvgIpc) is 2.71. The van der Waals surface area contributed by atoms with Gasteiger partial charge in [0.1, 0.15) is 0 Å². The highest BCUT2D eigenvalue weighted by molar-refractivity contribution is 6.30. The van der Waals surface area contributed by atoms with Crippen molar-refractivity contribution < 1.29 is 9.59 Å². The number of carbonyl (C=O) groups is 2. The summed E-state index contributed by atoms with van der Waals surface area (Å²) >= 11 is 6.05. The van der Waals surface area contributed by atoms with Crippen molar-refractivity contribution in [3.05, 3.63) is 29.3 Å². The summed E-state index contributed by atoms with van der Waals surface area (Å²) < 4.78 is 0. The molecule has 2 N–H and O–H groups in total. The van der Waals surface area contributed by atoms with Crippen LogP contribution in [-0.4, -0.2) is 62.5 Å². The molecule has 1 aromatic carbocycles. The van der Waals surface area contributed by atoms with Gasteiger partial charge in [0.05, 0.1) is 6.54 Å². The number of piperidine rings is 1. The zero-order valence-corrected chi connectivity index (χ0v) is 16.5. The van der Waals surface area contributed by atoms with E-state index in [4.69, 9.17) is 11.6 Å². The molecular formula is C20H29ClN4O2. The lowest BCUT2D eigenvalue weighted by Crippen LogP contribution is -2.51. The van der Waals surface area contributed by atoms with Crippen molar-refractivity contribution in [1.82, 2.24) is 15.5 Å². The molecule has 3 rings (SSSR count). The number of carbonyl (C=O) groups excluding carboxylic acids is 2. The summed E-state index contributed by atoms with van der Waals surface area (Å²) in [5.41, 5.74) is 1.08. The van der Waals surface area contributed by atoms with E-state index in [9.17, 15) is 9.59 Å². The second kappa shape index (κ2) is 9.95.